The van der Waals surface area contributed by atoms with Crippen LogP contribution in [0.1, 0.15) is 18.4 Å². The van der Waals surface area contributed by atoms with Gasteiger partial charge in [0.05, 0.1) is 5.41 Å². The van der Waals surface area contributed by atoms with Gasteiger partial charge in [0.15, 0.2) is 0 Å². The van der Waals surface area contributed by atoms with Crippen LogP contribution in [-0.4, -0.2) is 17.1 Å². The third-order valence-electron chi connectivity index (χ3n) is 2.70. The zero-order valence-electron chi connectivity index (χ0n) is 7.06. The van der Waals surface area contributed by atoms with Gasteiger partial charge in [0.2, 0.25) is 0 Å². The number of carboxylic acid groups (broad SMARTS) is 1. The Balaban J connectivity index is 2.31. The molecule has 70 valence electrons. The Morgan fingerprint density at radius 1 is 1.69 bits per heavy atom. The predicted octanol–water partition coefficient (Wildman–Crippen LogP) is 1.19. The average molecular weight is 197 g/mol. The lowest BCUT2D eigenvalue weighted by molar-refractivity contribution is -0.148. The van der Waals surface area contributed by atoms with E-state index in [0.717, 1.165) is 5.56 Å². The maximum atomic E-state index is 11.1. The Morgan fingerprint density at radius 3 is 2.77 bits per heavy atom. The lowest BCUT2D eigenvalue weighted by Crippen LogP contribution is -2.53. The van der Waals surface area contributed by atoms with E-state index in [1.165, 1.54) is 11.3 Å². The molecule has 1 aliphatic carbocycles. The van der Waals surface area contributed by atoms with Gasteiger partial charge < -0.3 is 10.8 Å². The molecule has 0 aliphatic heterocycles. The van der Waals surface area contributed by atoms with Crippen LogP contribution in [0.5, 0.6) is 0 Å². The average Bonchev–Trinajstić information content (AvgIpc) is 2.49. The van der Waals surface area contributed by atoms with Gasteiger partial charge in [-0.25, -0.2) is 0 Å². The highest BCUT2D eigenvalue weighted by molar-refractivity contribution is 7.08. The van der Waals surface area contributed by atoms with E-state index in [2.05, 4.69) is 0 Å². The lowest BCUT2D eigenvalue weighted by Gasteiger charge is -2.42. The zero-order valence-corrected chi connectivity index (χ0v) is 7.88. The molecule has 2 rings (SSSR count). The van der Waals surface area contributed by atoms with Crippen molar-refractivity contribution in [3.63, 3.8) is 0 Å². The second kappa shape index (κ2) is 2.82. The van der Waals surface area contributed by atoms with Gasteiger partial charge in [-0.2, -0.15) is 11.3 Å². The molecule has 0 amide bonds. The van der Waals surface area contributed by atoms with Crippen molar-refractivity contribution in [2.24, 2.45) is 5.73 Å². The number of aliphatic carboxylic acids is 1. The van der Waals surface area contributed by atoms with Gasteiger partial charge in [-0.1, -0.05) is 0 Å². The smallest absolute Gasteiger partial charge is 0.314 e. The highest BCUT2D eigenvalue weighted by atomic mass is 32.1. The van der Waals surface area contributed by atoms with E-state index in [0.29, 0.717) is 12.8 Å². The molecule has 0 spiro atoms. The summed E-state index contributed by atoms with van der Waals surface area (Å²) < 4.78 is 0. The third kappa shape index (κ3) is 1.17. The number of carbonyl (C=O) groups is 1. The van der Waals surface area contributed by atoms with Crippen molar-refractivity contribution in [1.29, 1.82) is 0 Å². The van der Waals surface area contributed by atoms with Crippen molar-refractivity contribution in [1.82, 2.24) is 0 Å². The first-order valence-corrected chi connectivity index (χ1v) is 5.11. The van der Waals surface area contributed by atoms with E-state index in [1.807, 2.05) is 16.8 Å². The molecule has 0 atom stereocenters. The van der Waals surface area contributed by atoms with Crippen LogP contribution in [0.25, 0.3) is 0 Å². The molecular weight excluding hydrogens is 186 g/mol. The van der Waals surface area contributed by atoms with Crippen LogP contribution >= 0.6 is 11.3 Å². The van der Waals surface area contributed by atoms with Gasteiger partial charge in [0.1, 0.15) is 0 Å². The minimum Gasteiger partial charge on any atom is -0.481 e. The number of hydrogen-bond donors (Lipinski definition) is 2. The van der Waals surface area contributed by atoms with Crippen LogP contribution in [0.2, 0.25) is 0 Å². The zero-order chi connectivity index (χ0) is 9.47. The second-order valence-electron chi connectivity index (χ2n) is 3.57. The molecule has 1 fully saturated rings. The normalized spacial score (nSPS) is 32.5. The third-order valence-corrected chi connectivity index (χ3v) is 3.39. The molecule has 1 aliphatic rings. The molecule has 13 heavy (non-hydrogen) atoms. The van der Waals surface area contributed by atoms with Crippen molar-refractivity contribution in [2.45, 2.75) is 24.3 Å². The van der Waals surface area contributed by atoms with Crippen LogP contribution in [0.4, 0.5) is 0 Å². The maximum Gasteiger partial charge on any atom is 0.314 e. The van der Waals surface area contributed by atoms with Crippen LogP contribution in [0, 0.1) is 0 Å². The molecule has 0 bridgehead atoms. The van der Waals surface area contributed by atoms with Crippen LogP contribution < -0.4 is 5.73 Å². The number of carboxylic acids is 1. The second-order valence-corrected chi connectivity index (χ2v) is 4.35. The van der Waals surface area contributed by atoms with Gasteiger partial charge in [-0.3, -0.25) is 4.79 Å². The summed E-state index contributed by atoms with van der Waals surface area (Å²) in [5.41, 5.74) is 5.87. The van der Waals surface area contributed by atoms with Gasteiger partial charge in [0, 0.05) is 6.04 Å². The fourth-order valence-electron chi connectivity index (χ4n) is 1.91. The van der Waals surface area contributed by atoms with Crippen molar-refractivity contribution in [3.05, 3.63) is 22.4 Å². The van der Waals surface area contributed by atoms with E-state index >= 15 is 0 Å². The maximum absolute atomic E-state index is 11.1. The first-order chi connectivity index (χ1) is 6.15. The molecule has 1 heterocycles. The van der Waals surface area contributed by atoms with Crippen LogP contribution in [0.15, 0.2) is 16.8 Å². The topological polar surface area (TPSA) is 63.3 Å². The lowest BCUT2D eigenvalue weighted by atomic mass is 9.62. The number of nitrogens with two attached hydrogens (primary N) is 1. The largest absolute Gasteiger partial charge is 0.481 e. The summed E-state index contributed by atoms with van der Waals surface area (Å²) in [5.74, 6) is -0.743. The molecule has 1 aromatic rings. The molecule has 0 unspecified atom stereocenters. The van der Waals surface area contributed by atoms with E-state index in [4.69, 9.17) is 10.8 Å². The first-order valence-electron chi connectivity index (χ1n) is 4.17. The predicted molar refractivity (Wildman–Crippen MR) is 50.8 cm³/mol. The highest BCUT2D eigenvalue weighted by Crippen LogP contribution is 2.43. The molecule has 4 heteroatoms. The van der Waals surface area contributed by atoms with Crippen LogP contribution in [0.3, 0.4) is 0 Å². The van der Waals surface area contributed by atoms with Crippen LogP contribution in [-0.2, 0) is 10.2 Å². The fraction of sp³-hybridized carbons (Fsp3) is 0.444. The Bertz CT molecular complexity index is 314. The Hall–Kier alpha value is -0.870. The standard InChI is InChI=1S/C9H11NO2S/c10-7-3-9(4-7,8(11)12)6-1-2-13-5-6/h1-2,5,7H,3-4,10H2,(H,11,12). The molecule has 1 aromatic heterocycles. The van der Waals surface area contributed by atoms with E-state index in [1.54, 1.807) is 0 Å². The van der Waals surface area contributed by atoms with Gasteiger partial charge in [0.25, 0.3) is 0 Å². The molecule has 3 N–H and O–H groups in total. The molecule has 0 saturated heterocycles. The van der Waals surface area contributed by atoms with Gasteiger partial charge in [-0.15, -0.1) is 0 Å². The Morgan fingerprint density at radius 2 is 2.38 bits per heavy atom. The summed E-state index contributed by atoms with van der Waals surface area (Å²) in [6, 6.07) is 1.93. The molecule has 3 nitrogen and oxygen atoms in total. The number of thiophene rings is 1. The fourth-order valence-corrected chi connectivity index (χ4v) is 2.66. The van der Waals surface area contributed by atoms with Crippen molar-refractivity contribution >= 4 is 17.3 Å². The Labute approximate surface area is 80.2 Å². The van der Waals surface area contributed by atoms with E-state index in [-0.39, 0.29) is 6.04 Å². The molecule has 0 radical (unpaired) electrons. The van der Waals surface area contributed by atoms with Crippen molar-refractivity contribution in [2.75, 3.05) is 0 Å². The molecular formula is C9H11NO2S. The van der Waals surface area contributed by atoms with Crippen molar-refractivity contribution < 1.29 is 9.90 Å². The van der Waals surface area contributed by atoms with Crippen molar-refractivity contribution in [3.8, 4) is 0 Å². The summed E-state index contributed by atoms with van der Waals surface area (Å²) in [6.07, 6.45) is 1.14. The van der Waals surface area contributed by atoms with Gasteiger partial charge in [-0.05, 0) is 35.2 Å². The number of hydrogen-bond acceptors (Lipinski definition) is 3. The minimum absolute atomic E-state index is 0.0519. The monoisotopic (exact) mass is 197 g/mol. The van der Waals surface area contributed by atoms with Gasteiger partial charge >= 0.3 is 5.97 Å². The molecule has 0 aromatic carbocycles. The van der Waals surface area contributed by atoms with E-state index in [9.17, 15) is 4.79 Å². The Kier molecular flexibility index (Phi) is 1.89. The summed E-state index contributed by atoms with van der Waals surface area (Å²) in [4.78, 5) is 11.1. The summed E-state index contributed by atoms with van der Waals surface area (Å²) in [7, 11) is 0. The molecule has 1 saturated carbocycles. The van der Waals surface area contributed by atoms with E-state index < -0.39 is 11.4 Å². The minimum atomic E-state index is -0.743. The summed E-state index contributed by atoms with van der Waals surface area (Å²) >= 11 is 1.53. The highest BCUT2D eigenvalue weighted by Gasteiger charge is 2.50. The summed E-state index contributed by atoms with van der Waals surface area (Å²) in [5, 5.41) is 12.9. The quantitative estimate of drug-likeness (QED) is 0.748. The summed E-state index contributed by atoms with van der Waals surface area (Å²) in [6.45, 7) is 0. The number of rotatable bonds is 2. The SMILES string of the molecule is NC1CC(C(=O)O)(c2ccsc2)C1. The first kappa shape index (κ1) is 8.72.